The van der Waals surface area contributed by atoms with Gasteiger partial charge in [0.15, 0.2) is 0 Å². The van der Waals surface area contributed by atoms with Crippen LogP contribution in [0.3, 0.4) is 0 Å². The summed E-state index contributed by atoms with van der Waals surface area (Å²) in [7, 11) is 0. The van der Waals surface area contributed by atoms with Crippen LogP contribution in [-0.4, -0.2) is 54.0 Å². The molecular formula is C11H19N3O2. The van der Waals surface area contributed by atoms with E-state index in [0.29, 0.717) is 25.7 Å². The second-order valence-electron chi connectivity index (χ2n) is 4.47. The van der Waals surface area contributed by atoms with Crippen molar-refractivity contribution < 1.29 is 9.59 Å². The molecule has 0 aromatic heterocycles. The highest BCUT2D eigenvalue weighted by molar-refractivity contribution is 5.85. The Hall–Kier alpha value is -1.26. The third kappa shape index (κ3) is 2.46. The highest BCUT2D eigenvalue weighted by atomic mass is 16.2. The Morgan fingerprint density at radius 3 is 2.75 bits per heavy atom. The summed E-state index contributed by atoms with van der Waals surface area (Å²) in [6.07, 6.45) is 3.18. The van der Waals surface area contributed by atoms with Gasteiger partial charge in [0.2, 0.25) is 5.91 Å². The van der Waals surface area contributed by atoms with Crippen LogP contribution in [0.2, 0.25) is 0 Å². The van der Waals surface area contributed by atoms with Gasteiger partial charge in [-0.1, -0.05) is 6.92 Å². The Morgan fingerprint density at radius 1 is 1.44 bits per heavy atom. The number of nitrogens with zero attached hydrogens (tertiary/aromatic N) is 2. The Kier molecular flexibility index (Phi) is 3.31. The van der Waals surface area contributed by atoms with E-state index in [1.54, 1.807) is 4.90 Å². The van der Waals surface area contributed by atoms with Gasteiger partial charge in [-0.05, 0) is 19.3 Å². The number of carbonyl (C=O) groups is 2. The van der Waals surface area contributed by atoms with Crippen molar-refractivity contribution in [1.29, 1.82) is 0 Å². The summed E-state index contributed by atoms with van der Waals surface area (Å²) in [5.41, 5.74) is 0. The summed E-state index contributed by atoms with van der Waals surface area (Å²) >= 11 is 0. The van der Waals surface area contributed by atoms with E-state index in [0.717, 1.165) is 19.3 Å². The van der Waals surface area contributed by atoms with E-state index in [-0.39, 0.29) is 18.5 Å². The third-order valence-corrected chi connectivity index (χ3v) is 3.06. The highest BCUT2D eigenvalue weighted by Gasteiger charge is 2.36. The number of nitrogens with one attached hydrogen (secondary N) is 1. The van der Waals surface area contributed by atoms with Gasteiger partial charge in [0, 0.05) is 25.7 Å². The van der Waals surface area contributed by atoms with E-state index < -0.39 is 0 Å². The lowest BCUT2D eigenvalue weighted by atomic mass is 10.3. The molecule has 1 N–H and O–H groups in total. The molecule has 5 heteroatoms. The number of amides is 3. The summed E-state index contributed by atoms with van der Waals surface area (Å²) in [6, 6.07) is 0.360. The molecule has 3 amide bonds. The van der Waals surface area contributed by atoms with Gasteiger partial charge in [-0.15, -0.1) is 0 Å². The Labute approximate surface area is 95.8 Å². The van der Waals surface area contributed by atoms with Crippen molar-refractivity contribution in [3.8, 4) is 0 Å². The minimum absolute atomic E-state index is 0.0976. The minimum Gasteiger partial charge on any atom is -0.338 e. The molecule has 0 spiro atoms. The van der Waals surface area contributed by atoms with Gasteiger partial charge < -0.3 is 15.1 Å². The zero-order valence-electron chi connectivity index (χ0n) is 9.74. The molecule has 90 valence electrons. The Bertz CT molecular complexity index is 289. The van der Waals surface area contributed by atoms with Gasteiger partial charge in [0.25, 0.3) is 0 Å². The van der Waals surface area contributed by atoms with E-state index >= 15 is 0 Å². The fourth-order valence-electron chi connectivity index (χ4n) is 1.98. The normalized spacial score (nSPS) is 21.2. The van der Waals surface area contributed by atoms with Crippen LogP contribution in [-0.2, 0) is 4.79 Å². The number of rotatable bonds is 3. The Morgan fingerprint density at radius 2 is 2.19 bits per heavy atom. The second kappa shape index (κ2) is 4.72. The van der Waals surface area contributed by atoms with E-state index in [1.165, 1.54) is 0 Å². The molecule has 1 aliphatic heterocycles. The SMILES string of the molecule is CCCNC(=O)N1CCN(C2CC2)C(=O)C1. The van der Waals surface area contributed by atoms with Crippen molar-refractivity contribution in [2.24, 2.45) is 0 Å². The first-order chi connectivity index (χ1) is 7.72. The molecule has 0 unspecified atom stereocenters. The molecule has 2 fully saturated rings. The molecule has 0 aromatic rings. The summed E-state index contributed by atoms with van der Waals surface area (Å²) in [6.45, 7) is 4.29. The monoisotopic (exact) mass is 225 g/mol. The maximum atomic E-state index is 11.8. The molecule has 1 aliphatic carbocycles. The zero-order chi connectivity index (χ0) is 11.5. The van der Waals surface area contributed by atoms with Crippen LogP contribution in [0.25, 0.3) is 0 Å². The number of urea groups is 1. The molecule has 0 bridgehead atoms. The van der Waals surface area contributed by atoms with Crippen molar-refractivity contribution in [2.45, 2.75) is 32.2 Å². The zero-order valence-corrected chi connectivity index (χ0v) is 9.74. The lowest BCUT2D eigenvalue weighted by Crippen LogP contribution is -2.55. The molecule has 0 atom stereocenters. The molecule has 1 saturated heterocycles. The third-order valence-electron chi connectivity index (χ3n) is 3.06. The van der Waals surface area contributed by atoms with E-state index in [1.807, 2.05) is 11.8 Å². The fraction of sp³-hybridized carbons (Fsp3) is 0.818. The number of hydrogen-bond donors (Lipinski definition) is 1. The van der Waals surface area contributed by atoms with Crippen LogP contribution < -0.4 is 5.32 Å². The molecule has 2 rings (SSSR count). The van der Waals surface area contributed by atoms with Crippen LogP contribution in [0.5, 0.6) is 0 Å². The average Bonchev–Trinajstić information content (AvgIpc) is 3.09. The smallest absolute Gasteiger partial charge is 0.317 e. The number of hydrogen-bond acceptors (Lipinski definition) is 2. The maximum Gasteiger partial charge on any atom is 0.317 e. The second-order valence-corrected chi connectivity index (χ2v) is 4.47. The summed E-state index contributed by atoms with van der Waals surface area (Å²) in [5.74, 6) is 0.0976. The number of carbonyl (C=O) groups excluding carboxylic acids is 2. The summed E-state index contributed by atoms with van der Waals surface area (Å²) in [4.78, 5) is 26.9. The first kappa shape index (κ1) is 11.2. The van der Waals surface area contributed by atoms with E-state index in [2.05, 4.69) is 5.32 Å². The highest BCUT2D eigenvalue weighted by Crippen LogP contribution is 2.27. The maximum absolute atomic E-state index is 11.8. The van der Waals surface area contributed by atoms with E-state index in [9.17, 15) is 9.59 Å². The van der Waals surface area contributed by atoms with Crippen LogP contribution >= 0.6 is 0 Å². The lowest BCUT2D eigenvalue weighted by molar-refractivity contribution is -0.135. The largest absolute Gasteiger partial charge is 0.338 e. The van der Waals surface area contributed by atoms with Crippen LogP contribution in [0.1, 0.15) is 26.2 Å². The predicted octanol–water partition coefficient (Wildman–Crippen LogP) is 0.413. The molecule has 1 heterocycles. The Balaban J connectivity index is 1.81. The summed E-state index contributed by atoms with van der Waals surface area (Å²) in [5, 5.41) is 2.80. The van der Waals surface area contributed by atoms with Crippen molar-refractivity contribution >= 4 is 11.9 Å². The average molecular weight is 225 g/mol. The molecule has 2 aliphatic rings. The van der Waals surface area contributed by atoms with Crippen LogP contribution in [0.4, 0.5) is 4.79 Å². The topological polar surface area (TPSA) is 52.7 Å². The molecular weight excluding hydrogens is 206 g/mol. The van der Waals surface area contributed by atoms with Gasteiger partial charge in [-0.3, -0.25) is 4.79 Å². The minimum atomic E-state index is -0.106. The van der Waals surface area contributed by atoms with Crippen LogP contribution in [0, 0.1) is 0 Å². The van der Waals surface area contributed by atoms with Gasteiger partial charge in [0.05, 0.1) is 0 Å². The molecule has 0 aromatic carbocycles. The quantitative estimate of drug-likeness (QED) is 0.756. The number of piperazine rings is 1. The van der Waals surface area contributed by atoms with Crippen molar-refractivity contribution in [1.82, 2.24) is 15.1 Å². The molecule has 0 radical (unpaired) electrons. The molecule has 16 heavy (non-hydrogen) atoms. The van der Waals surface area contributed by atoms with Crippen LogP contribution in [0.15, 0.2) is 0 Å². The lowest BCUT2D eigenvalue weighted by Gasteiger charge is -2.34. The van der Waals surface area contributed by atoms with Crippen molar-refractivity contribution in [3.05, 3.63) is 0 Å². The van der Waals surface area contributed by atoms with Gasteiger partial charge >= 0.3 is 6.03 Å². The first-order valence-electron chi connectivity index (χ1n) is 6.04. The van der Waals surface area contributed by atoms with Gasteiger partial charge in [-0.2, -0.15) is 0 Å². The van der Waals surface area contributed by atoms with Crippen molar-refractivity contribution in [2.75, 3.05) is 26.2 Å². The predicted molar refractivity (Wildman–Crippen MR) is 60.0 cm³/mol. The fourth-order valence-corrected chi connectivity index (χ4v) is 1.98. The standard InChI is InChI=1S/C11H19N3O2/c1-2-5-12-11(16)13-6-7-14(9-3-4-9)10(15)8-13/h9H,2-8H2,1H3,(H,12,16). The van der Waals surface area contributed by atoms with E-state index in [4.69, 9.17) is 0 Å². The van der Waals surface area contributed by atoms with Gasteiger partial charge in [0.1, 0.15) is 6.54 Å². The molecule has 1 saturated carbocycles. The molecule has 5 nitrogen and oxygen atoms in total. The van der Waals surface area contributed by atoms with Crippen molar-refractivity contribution in [3.63, 3.8) is 0 Å². The van der Waals surface area contributed by atoms with Gasteiger partial charge in [-0.25, -0.2) is 4.79 Å². The first-order valence-corrected chi connectivity index (χ1v) is 6.04. The summed E-state index contributed by atoms with van der Waals surface area (Å²) < 4.78 is 0.